The van der Waals surface area contributed by atoms with Crippen molar-refractivity contribution >= 4 is 29.0 Å². The monoisotopic (exact) mass is 507 g/mol. The first-order valence-electron chi connectivity index (χ1n) is 11.9. The first-order chi connectivity index (χ1) is 16.4. The maximum absolute atomic E-state index is 14.0. The van der Waals surface area contributed by atoms with Gasteiger partial charge in [-0.1, -0.05) is 0 Å². The van der Waals surface area contributed by atoms with Crippen LogP contribution in [0.1, 0.15) is 72.3 Å². The number of pyridine rings is 1. The van der Waals surface area contributed by atoms with Crippen LogP contribution < -0.4 is 10.6 Å². The van der Waals surface area contributed by atoms with E-state index in [1.807, 2.05) is 26.8 Å². The lowest BCUT2D eigenvalue weighted by Gasteiger charge is -2.20. The van der Waals surface area contributed by atoms with Crippen LogP contribution in [0.25, 0.3) is 10.4 Å². The molecule has 3 heterocycles. The van der Waals surface area contributed by atoms with Crippen LogP contribution >= 0.6 is 11.3 Å². The number of thiazole rings is 1. The molecule has 0 aromatic carbocycles. The maximum atomic E-state index is 14.0. The molecule has 0 radical (unpaired) electrons. The van der Waals surface area contributed by atoms with Crippen molar-refractivity contribution in [3.63, 3.8) is 0 Å². The summed E-state index contributed by atoms with van der Waals surface area (Å²) in [5.41, 5.74) is 1.38. The zero-order valence-electron chi connectivity index (χ0n) is 20.3. The van der Waals surface area contributed by atoms with Crippen molar-refractivity contribution in [2.45, 2.75) is 83.5 Å². The van der Waals surface area contributed by atoms with Gasteiger partial charge in [0.15, 0.2) is 5.01 Å². The summed E-state index contributed by atoms with van der Waals surface area (Å²) in [7, 11) is 0. The van der Waals surface area contributed by atoms with Gasteiger partial charge in [0.25, 0.3) is 17.7 Å². The van der Waals surface area contributed by atoms with Crippen molar-refractivity contribution in [3.8, 4) is 10.4 Å². The summed E-state index contributed by atoms with van der Waals surface area (Å²) in [6.07, 6.45) is 2.64. The predicted molar refractivity (Wildman–Crippen MR) is 130 cm³/mol. The Morgan fingerprint density at radius 2 is 2.06 bits per heavy atom. The summed E-state index contributed by atoms with van der Waals surface area (Å²) in [5, 5.41) is 16.1. The van der Waals surface area contributed by atoms with Gasteiger partial charge in [0.1, 0.15) is 11.5 Å². The molecule has 0 unspecified atom stereocenters. The Morgan fingerprint density at radius 3 is 2.63 bits per heavy atom. The van der Waals surface area contributed by atoms with Gasteiger partial charge in [-0.3, -0.25) is 9.59 Å². The molecule has 8 nitrogen and oxygen atoms in total. The number of aliphatic hydroxyl groups is 1. The number of aliphatic hydroxyl groups excluding tert-OH is 1. The number of anilines is 1. The Morgan fingerprint density at radius 1 is 1.31 bits per heavy atom. The van der Waals surface area contributed by atoms with E-state index in [0.29, 0.717) is 29.1 Å². The number of carbonyl (C=O) groups excluding carboxylic acids is 2. The van der Waals surface area contributed by atoms with Gasteiger partial charge >= 0.3 is 0 Å². The molecule has 35 heavy (non-hydrogen) atoms. The molecule has 3 N–H and O–H groups in total. The number of carbonyl (C=O) groups is 2. The van der Waals surface area contributed by atoms with Gasteiger partial charge in [-0.05, 0) is 58.6 Å². The summed E-state index contributed by atoms with van der Waals surface area (Å²) in [5.74, 6) is -3.43. The molecule has 0 spiro atoms. The van der Waals surface area contributed by atoms with Crippen molar-refractivity contribution in [2.24, 2.45) is 0 Å². The van der Waals surface area contributed by atoms with Crippen molar-refractivity contribution in [2.75, 3.05) is 11.9 Å². The summed E-state index contributed by atoms with van der Waals surface area (Å²) < 4.78 is 28.1. The quantitative estimate of drug-likeness (QED) is 0.548. The topological polar surface area (TPSA) is 107 Å². The van der Waals surface area contributed by atoms with Crippen molar-refractivity contribution in [1.82, 2.24) is 20.2 Å². The average Bonchev–Trinajstić information content (AvgIpc) is 3.44. The molecule has 1 saturated carbocycles. The molecule has 3 atom stereocenters. The highest BCUT2D eigenvalue weighted by Gasteiger charge is 2.46. The third-order valence-electron chi connectivity index (χ3n) is 6.40. The highest BCUT2D eigenvalue weighted by Crippen LogP contribution is 2.37. The molecule has 11 heteroatoms. The van der Waals surface area contributed by atoms with Crippen LogP contribution in [-0.4, -0.2) is 68.5 Å². The number of nitrogens with one attached hydrogen (secondary N) is 2. The molecule has 1 aliphatic carbocycles. The van der Waals surface area contributed by atoms with Gasteiger partial charge in [-0.25, -0.2) is 18.7 Å². The van der Waals surface area contributed by atoms with Crippen LogP contribution in [0, 0.1) is 6.92 Å². The number of likely N-dealkylation sites (tertiary alicyclic amines) is 1. The molecule has 2 aliphatic rings. The Balaban J connectivity index is 1.71. The third kappa shape index (κ3) is 5.45. The lowest BCUT2D eigenvalue weighted by atomic mass is 10.1. The van der Waals surface area contributed by atoms with E-state index in [9.17, 15) is 23.5 Å². The fraction of sp³-hybridized carbons (Fsp3) is 0.583. The van der Waals surface area contributed by atoms with Crippen LogP contribution in [0.3, 0.4) is 0 Å². The van der Waals surface area contributed by atoms with Gasteiger partial charge in [0.05, 0.1) is 23.6 Å². The van der Waals surface area contributed by atoms with Crippen molar-refractivity contribution in [3.05, 3.63) is 28.5 Å². The molecule has 2 fully saturated rings. The predicted octanol–water partition coefficient (Wildman–Crippen LogP) is 3.85. The van der Waals surface area contributed by atoms with Crippen LogP contribution in [0.2, 0.25) is 0 Å². The zero-order valence-corrected chi connectivity index (χ0v) is 21.1. The number of nitrogens with zero attached hydrogens (tertiary/aromatic N) is 3. The van der Waals surface area contributed by atoms with E-state index < -0.39 is 42.8 Å². The number of aromatic nitrogens is 2. The lowest BCUT2D eigenvalue weighted by Crippen LogP contribution is -2.40. The van der Waals surface area contributed by atoms with Crippen molar-refractivity contribution < 1.29 is 23.5 Å². The Bertz CT molecular complexity index is 1120. The average molecular weight is 508 g/mol. The van der Waals surface area contributed by atoms with E-state index in [4.69, 9.17) is 0 Å². The smallest absolute Gasteiger partial charge is 0.280 e. The van der Waals surface area contributed by atoms with Gasteiger partial charge in [0, 0.05) is 30.3 Å². The summed E-state index contributed by atoms with van der Waals surface area (Å²) >= 11 is 1.03. The van der Waals surface area contributed by atoms with Gasteiger partial charge in [-0.15, -0.1) is 11.3 Å². The van der Waals surface area contributed by atoms with Crippen molar-refractivity contribution in [1.29, 1.82) is 0 Å². The number of rotatable bonds is 6. The second-order valence-electron chi connectivity index (χ2n) is 9.80. The number of aryl methyl sites for hydroxylation is 1. The van der Waals surface area contributed by atoms with Gasteiger partial charge < -0.3 is 20.6 Å². The summed E-state index contributed by atoms with van der Waals surface area (Å²) in [4.78, 5) is 36.7. The van der Waals surface area contributed by atoms with E-state index in [1.165, 1.54) is 0 Å². The van der Waals surface area contributed by atoms with E-state index in [2.05, 4.69) is 20.6 Å². The first kappa shape index (κ1) is 25.4. The standard InChI is InChI=1S/C24H31F2N5O3S/c1-12(2)28-18-8-13(3)15(10-27-18)20-19(23(34)31-11-24(25,26)9-14(31)4)30-22(35-20)21(33)29-16-6-5-7-17(16)32/h8,10,12,14,16-17,32H,5-7,9,11H2,1-4H3,(H,27,28)(H,29,33)/t14-,16+,17+/m0/s1. The highest BCUT2D eigenvalue weighted by molar-refractivity contribution is 7.17. The number of alkyl halides is 2. The normalized spacial score (nSPS) is 23.7. The molecule has 1 saturated heterocycles. The first-order valence-corrected chi connectivity index (χ1v) is 12.7. The van der Waals surface area contributed by atoms with Crippen LogP contribution in [0.15, 0.2) is 12.3 Å². The molecule has 2 amide bonds. The fourth-order valence-electron chi connectivity index (χ4n) is 4.67. The van der Waals surface area contributed by atoms with E-state index in [-0.39, 0.29) is 22.8 Å². The molecule has 1 aliphatic heterocycles. The second kappa shape index (κ2) is 9.77. The zero-order chi connectivity index (χ0) is 25.5. The Hall–Kier alpha value is -2.66. The Kier molecular flexibility index (Phi) is 7.10. The van der Waals surface area contributed by atoms with E-state index >= 15 is 0 Å². The second-order valence-corrected chi connectivity index (χ2v) is 10.8. The lowest BCUT2D eigenvalue weighted by molar-refractivity contribution is 0.0118. The van der Waals surface area contributed by atoms with Gasteiger partial charge in [-0.2, -0.15) is 0 Å². The van der Waals surface area contributed by atoms with Gasteiger partial charge in [0.2, 0.25) is 0 Å². The molecular formula is C24H31F2N5O3S. The molecule has 2 aromatic heterocycles. The number of hydrogen-bond donors (Lipinski definition) is 3. The summed E-state index contributed by atoms with van der Waals surface area (Å²) in [6.45, 7) is 6.74. The minimum absolute atomic E-state index is 0.0360. The minimum Gasteiger partial charge on any atom is -0.391 e. The van der Waals surface area contributed by atoms with E-state index in [1.54, 1.807) is 13.1 Å². The van der Waals surface area contributed by atoms with E-state index in [0.717, 1.165) is 28.2 Å². The number of hydrogen-bond acceptors (Lipinski definition) is 7. The molecule has 4 rings (SSSR count). The molecule has 190 valence electrons. The molecule has 2 aromatic rings. The van der Waals surface area contributed by atoms with Crippen LogP contribution in [0.5, 0.6) is 0 Å². The molecule has 0 bridgehead atoms. The van der Waals surface area contributed by atoms with Crippen LogP contribution in [-0.2, 0) is 0 Å². The highest BCUT2D eigenvalue weighted by atomic mass is 32.1. The Labute approximate surface area is 207 Å². The number of amides is 2. The summed E-state index contributed by atoms with van der Waals surface area (Å²) in [6, 6.07) is 0.976. The maximum Gasteiger partial charge on any atom is 0.280 e. The fourth-order valence-corrected chi connectivity index (χ4v) is 5.71. The van der Waals surface area contributed by atoms with Crippen LogP contribution in [0.4, 0.5) is 14.6 Å². The third-order valence-corrected chi connectivity index (χ3v) is 7.49. The number of halogens is 2. The largest absolute Gasteiger partial charge is 0.391 e. The SMILES string of the molecule is Cc1cc(NC(C)C)ncc1-c1sc(C(=O)N[C@@H]2CCC[C@H]2O)nc1C(=O)N1CC(F)(F)C[C@@H]1C. The minimum atomic E-state index is -2.97. The molecular weight excluding hydrogens is 476 g/mol.